The molecule has 0 amide bonds. The van der Waals surface area contributed by atoms with Gasteiger partial charge in [-0.05, 0) is 131 Å². The summed E-state index contributed by atoms with van der Waals surface area (Å²) < 4.78 is 0. The monoisotopic (exact) mass is 1210 g/mol. The highest BCUT2D eigenvalue weighted by Gasteiger charge is 2.15. The molecule has 12 nitrogen and oxygen atoms in total. The van der Waals surface area contributed by atoms with Gasteiger partial charge in [0, 0.05) is 92.7 Å². The molecule has 0 aliphatic carbocycles. The van der Waals surface area contributed by atoms with E-state index in [1.165, 1.54) is 22.3 Å². The minimum atomic E-state index is 0.871. The molecule has 12 heteroatoms. The van der Waals surface area contributed by atoms with Crippen molar-refractivity contribution in [3.05, 3.63) is 329 Å². The van der Waals surface area contributed by atoms with Gasteiger partial charge in [0.2, 0.25) is 0 Å². The van der Waals surface area contributed by atoms with Crippen LogP contribution in [-0.2, 0) is 0 Å². The van der Waals surface area contributed by atoms with Crippen LogP contribution in [0.1, 0.15) is 0 Å². The van der Waals surface area contributed by atoms with Gasteiger partial charge < -0.3 is 0 Å². The van der Waals surface area contributed by atoms with Gasteiger partial charge in [0.05, 0.1) is 89.0 Å². The van der Waals surface area contributed by atoms with Crippen molar-refractivity contribution in [3.8, 4) is 45.0 Å². The summed E-state index contributed by atoms with van der Waals surface area (Å²) in [5.74, 6) is 0. The molecule has 0 fully saturated rings. The van der Waals surface area contributed by atoms with Crippen LogP contribution >= 0.6 is 0 Å². The number of hydrogen-bond acceptors (Lipinski definition) is 12. The third-order valence-electron chi connectivity index (χ3n) is 16.1. The molecule has 0 saturated heterocycles. The van der Waals surface area contributed by atoms with Crippen LogP contribution in [0.3, 0.4) is 0 Å². The number of fused-ring (bicyclic) bond motifs is 15. The molecule has 8 aromatic carbocycles. The maximum absolute atomic E-state index is 4.83. The molecule has 19 aromatic rings. The lowest BCUT2D eigenvalue weighted by molar-refractivity contribution is 1.25. The molecular weight excluding hydrogens is 1150 g/mol. The van der Waals surface area contributed by atoms with Crippen molar-refractivity contribution >= 4 is 109 Å². The predicted octanol–water partition coefficient (Wildman–Crippen LogP) is 19.4. The molecule has 0 unspecified atom stereocenters. The Bertz CT molecular complexity index is 5530. The predicted molar refractivity (Wildman–Crippen MR) is 383 cm³/mol. The van der Waals surface area contributed by atoms with Crippen molar-refractivity contribution in [2.24, 2.45) is 0 Å². The third-order valence-corrected chi connectivity index (χ3v) is 16.1. The van der Waals surface area contributed by atoms with Gasteiger partial charge in [-0.25, -0.2) is 19.9 Å². The number of benzene rings is 8. The molecule has 11 aromatic heterocycles. The Hall–Kier alpha value is -13.1. The van der Waals surface area contributed by atoms with Crippen molar-refractivity contribution < 1.29 is 0 Å². The molecule has 0 radical (unpaired) electrons. The van der Waals surface area contributed by atoms with Gasteiger partial charge >= 0.3 is 0 Å². The van der Waals surface area contributed by atoms with Crippen LogP contribution in [0.2, 0.25) is 0 Å². The third kappa shape index (κ3) is 12.0. The molecule has 0 atom stereocenters. The number of rotatable bonds is 4. The zero-order valence-corrected chi connectivity index (χ0v) is 50.5. The topological polar surface area (TPSA) is 155 Å². The van der Waals surface area contributed by atoms with E-state index in [4.69, 9.17) is 9.97 Å². The van der Waals surface area contributed by atoms with Gasteiger partial charge in [0.25, 0.3) is 0 Å². The van der Waals surface area contributed by atoms with E-state index in [1.807, 2.05) is 170 Å². The lowest BCUT2D eigenvalue weighted by Crippen LogP contribution is -1.93. The quantitative estimate of drug-likeness (QED) is 0.122. The fourth-order valence-electron chi connectivity index (χ4n) is 11.6. The van der Waals surface area contributed by atoms with E-state index < -0.39 is 0 Å². The van der Waals surface area contributed by atoms with E-state index in [0.717, 1.165) is 132 Å². The van der Waals surface area contributed by atoms with Crippen molar-refractivity contribution in [1.29, 1.82) is 0 Å². The average Bonchev–Trinajstić information content (AvgIpc) is 0.751. The second-order valence-electron chi connectivity index (χ2n) is 21.9. The van der Waals surface area contributed by atoms with Crippen molar-refractivity contribution in [1.82, 2.24) is 59.8 Å². The Morgan fingerprint density at radius 3 is 0.936 bits per heavy atom. The van der Waals surface area contributed by atoms with Gasteiger partial charge in [-0.1, -0.05) is 170 Å². The SMILES string of the molecule is c1ccc(-c2ccccn2)nc1.c1ccc(-c2ccnc3c2ccc2c(-c4ccccc4)ccnc23)cc1.c1ccc2nc(-c3ccc4ccccc4n3)ccc2c1.c1ccc2nc3c4cccnc4c4ncccc4c3nc2c1.c1cnc2c(c1)ccc1cccnc12. The Kier molecular flexibility index (Phi) is 16.2. The maximum atomic E-state index is 4.83. The van der Waals surface area contributed by atoms with Crippen LogP contribution < -0.4 is 0 Å². The Labute approximate surface area is 539 Å². The molecule has 94 heavy (non-hydrogen) atoms. The second kappa shape index (κ2) is 26.6. The summed E-state index contributed by atoms with van der Waals surface area (Å²) in [4.78, 5) is 54.5. The molecule has 19 rings (SSSR count). The standard InChI is InChI=1S/C24H16N2.C18H10N4.C18H12N2.C12H8N2.C10H8N2/c1-3-7-17(8-4-1)19-13-15-25-23-21(19)11-12-22-20(14-16-26-24(22)23)18-9-5-2-6-10-18;1-2-8-14-13(7-1)21-17-11-5-3-9-19-15(11)16-12(18(17)22-14)6-4-10-20-16;1-3-7-15-13(5-1)9-11-17(19-15)18-12-10-14-6-2-4-8-16(14)20-18;1-3-9-5-6-10-4-2-8-14-12(10)11(9)13-7-1;1-3-7-11-9(5-1)10-6-2-4-8-12-10/h1-16H;1-10H;1-12H;1-8H;1-8H. The Morgan fingerprint density at radius 1 is 0.160 bits per heavy atom. The minimum Gasteiger partial charge on any atom is -0.255 e. The first-order valence-electron chi connectivity index (χ1n) is 30.7. The highest BCUT2D eigenvalue weighted by atomic mass is 14.8. The molecule has 0 aliphatic heterocycles. The molecule has 0 bridgehead atoms. The zero-order valence-electron chi connectivity index (χ0n) is 50.5. The lowest BCUT2D eigenvalue weighted by Gasteiger charge is -2.11. The Balaban J connectivity index is 0.0000000993. The molecular formula is C82H54N12. The van der Waals surface area contributed by atoms with Gasteiger partial charge in [0.1, 0.15) is 0 Å². The van der Waals surface area contributed by atoms with Crippen LogP contribution in [-0.4, -0.2) is 59.8 Å². The number of aromatic nitrogens is 12. The molecule has 0 saturated carbocycles. The van der Waals surface area contributed by atoms with Crippen LogP contribution in [0.4, 0.5) is 0 Å². The van der Waals surface area contributed by atoms with E-state index in [0.29, 0.717) is 0 Å². The van der Waals surface area contributed by atoms with Crippen LogP contribution in [0, 0.1) is 0 Å². The summed E-state index contributed by atoms with van der Waals surface area (Å²) in [6.45, 7) is 0. The smallest absolute Gasteiger partial charge is 0.0996 e. The zero-order chi connectivity index (χ0) is 62.8. The number of hydrogen-bond donors (Lipinski definition) is 0. The highest BCUT2D eigenvalue weighted by molar-refractivity contribution is 6.21. The van der Waals surface area contributed by atoms with E-state index >= 15 is 0 Å². The Morgan fingerprint density at radius 2 is 0.500 bits per heavy atom. The maximum Gasteiger partial charge on any atom is 0.0996 e. The minimum absolute atomic E-state index is 0.871. The van der Waals surface area contributed by atoms with Crippen LogP contribution in [0.15, 0.2) is 329 Å². The molecule has 0 spiro atoms. The largest absolute Gasteiger partial charge is 0.255 e. The van der Waals surface area contributed by atoms with E-state index in [2.05, 4.69) is 171 Å². The van der Waals surface area contributed by atoms with Crippen molar-refractivity contribution in [3.63, 3.8) is 0 Å². The average molecular weight is 1210 g/mol. The summed E-state index contributed by atoms with van der Waals surface area (Å²) in [6.07, 6.45) is 14.5. The fraction of sp³-hybridized carbons (Fsp3) is 0. The van der Waals surface area contributed by atoms with Crippen molar-refractivity contribution in [2.45, 2.75) is 0 Å². The normalized spacial score (nSPS) is 11.0. The highest BCUT2D eigenvalue weighted by Crippen LogP contribution is 2.36. The van der Waals surface area contributed by atoms with Crippen LogP contribution in [0.25, 0.3) is 154 Å². The van der Waals surface area contributed by atoms with Crippen LogP contribution in [0.5, 0.6) is 0 Å². The summed E-state index contributed by atoms with van der Waals surface area (Å²) in [5.41, 5.74) is 19.5. The van der Waals surface area contributed by atoms with Gasteiger partial charge in [-0.3, -0.25) is 39.9 Å². The number of para-hydroxylation sites is 4. The first kappa shape index (κ1) is 57.4. The summed E-state index contributed by atoms with van der Waals surface area (Å²) in [5, 5.41) is 8.81. The lowest BCUT2D eigenvalue weighted by atomic mass is 9.97. The summed E-state index contributed by atoms with van der Waals surface area (Å²) >= 11 is 0. The fourth-order valence-corrected chi connectivity index (χ4v) is 11.6. The van der Waals surface area contributed by atoms with E-state index in [9.17, 15) is 0 Å². The van der Waals surface area contributed by atoms with Crippen molar-refractivity contribution in [2.75, 3.05) is 0 Å². The van der Waals surface area contributed by atoms with Gasteiger partial charge in [-0.15, -0.1) is 0 Å². The molecule has 0 aliphatic rings. The second-order valence-corrected chi connectivity index (χ2v) is 21.9. The molecule has 442 valence electrons. The number of pyridine rings is 10. The summed E-state index contributed by atoms with van der Waals surface area (Å²) in [7, 11) is 0. The summed E-state index contributed by atoms with van der Waals surface area (Å²) in [6, 6.07) is 93.4. The first-order valence-corrected chi connectivity index (χ1v) is 30.7. The molecule has 0 N–H and O–H groups in total. The molecule has 11 heterocycles. The van der Waals surface area contributed by atoms with E-state index in [-0.39, 0.29) is 0 Å². The van der Waals surface area contributed by atoms with E-state index in [1.54, 1.807) is 37.2 Å². The number of nitrogens with zero attached hydrogens (tertiary/aromatic N) is 12. The van der Waals surface area contributed by atoms with Gasteiger partial charge in [0.15, 0.2) is 0 Å². The first-order chi connectivity index (χ1) is 46.6. The van der Waals surface area contributed by atoms with Gasteiger partial charge in [-0.2, -0.15) is 0 Å².